The second-order valence-electron chi connectivity index (χ2n) is 5.38. The summed E-state index contributed by atoms with van der Waals surface area (Å²) in [6.45, 7) is 4.00. The van der Waals surface area contributed by atoms with Crippen molar-refractivity contribution in [3.63, 3.8) is 0 Å². The zero-order valence-corrected chi connectivity index (χ0v) is 13.7. The van der Waals surface area contributed by atoms with E-state index in [0.29, 0.717) is 5.02 Å². The van der Waals surface area contributed by atoms with E-state index < -0.39 is 0 Å². The van der Waals surface area contributed by atoms with Gasteiger partial charge in [-0.3, -0.25) is 0 Å². The predicted molar refractivity (Wildman–Crippen MR) is 86.8 cm³/mol. The summed E-state index contributed by atoms with van der Waals surface area (Å²) >= 11 is 12.3. The summed E-state index contributed by atoms with van der Waals surface area (Å²) in [5.41, 5.74) is 2.04. The van der Waals surface area contributed by atoms with Crippen molar-refractivity contribution in [3.8, 4) is 0 Å². The lowest BCUT2D eigenvalue weighted by molar-refractivity contribution is 0.387. The Bertz CT molecular complexity index is 576. The standard InChI is InChI=1S/C15H21Cl2N3/c1-11(16)15-18-13-10-12(17)6-7-14(13)20(15)9-5-4-8-19(2)3/h6-7,10-11H,4-5,8-9H2,1-3H3. The highest BCUT2D eigenvalue weighted by Gasteiger charge is 2.14. The van der Waals surface area contributed by atoms with E-state index in [1.165, 1.54) is 0 Å². The Morgan fingerprint density at radius 1 is 1.30 bits per heavy atom. The molecule has 0 aliphatic carbocycles. The number of halogens is 2. The van der Waals surface area contributed by atoms with Crippen molar-refractivity contribution in [3.05, 3.63) is 29.0 Å². The Kier molecular flexibility index (Phi) is 5.30. The summed E-state index contributed by atoms with van der Waals surface area (Å²) in [6.07, 6.45) is 2.28. The molecule has 1 heterocycles. The first-order valence-electron chi connectivity index (χ1n) is 6.93. The third-order valence-corrected chi connectivity index (χ3v) is 3.76. The molecule has 0 N–H and O–H groups in total. The topological polar surface area (TPSA) is 21.1 Å². The molecule has 0 amide bonds. The number of nitrogens with zero attached hydrogens (tertiary/aromatic N) is 3. The van der Waals surface area contributed by atoms with E-state index in [1.54, 1.807) is 0 Å². The highest BCUT2D eigenvalue weighted by Crippen LogP contribution is 2.26. The number of rotatable bonds is 6. The SMILES string of the molecule is CC(Cl)c1nc2cc(Cl)ccc2n1CCCCN(C)C. The lowest BCUT2D eigenvalue weighted by Crippen LogP contribution is -2.14. The molecule has 0 aliphatic rings. The first-order chi connectivity index (χ1) is 9.49. The van der Waals surface area contributed by atoms with Gasteiger partial charge >= 0.3 is 0 Å². The van der Waals surface area contributed by atoms with Crippen LogP contribution in [0.1, 0.15) is 31.0 Å². The lowest BCUT2D eigenvalue weighted by atomic mass is 10.2. The fourth-order valence-electron chi connectivity index (χ4n) is 2.36. The normalized spacial score (nSPS) is 13.3. The maximum absolute atomic E-state index is 6.26. The maximum Gasteiger partial charge on any atom is 0.127 e. The second-order valence-corrected chi connectivity index (χ2v) is 6.47. The van der Waals surface area contributed by atoms with Crippen LogP contribution in [-0.4, -0.2) is 35.1 Å². The predicted octanol–water partition coefficient (Wildman–Crippen LogP) is 4.33. The van der Waals surface area contributed by atoms with Crippen molar-refractivity contribution in [2.45, 2.75) is 31.7 Å². The molecule has 1 aromatic carbocycles. The molecule has 0 saturated carbocycles. The maximum atomic E-state index is 6.26. The van der Waals surface area contributed by atoms with E-state index in [0.717, 1.165) is 42.8 Å². The molecule has 0 radical (unpaired) electrons. The van der Waals surface area contributed by atoms with Gasteiger partial charge < -0.3 is 9.47 Å². The summed E-state index contributed by atoms with van der Waals surface area (Å²) in [7, 11) is 4.20. The zero-order valence-electron chi connectivity index (χ0n) is 12.2. The minimum atomic E-state index is -0.102. The summed E-state index contributed by atoms with van der Waals surface area (Å²) in [6, 6.07) is 5.83. The largest absolute Gasteiger partial charge is 0.327 e. The summed E-state index contributed by atoms with van der Waals surface area (Å²) in [5.74, 6) is 0.925. The Labute approximate surface area is 130 Å². The molecule has 3 nitrogen and oxygen atoms in total. The number of aryl methyl sites for hydroxylation is 1. The lowest BCUT2D eigenvalue weighted by Gasteiger charge is -2.12. The van der Waals surface area contributed by atoms with Gasteiger partial charge in [-0.15, -0.1) is 11.6 Å². The average molecular weight is 314 g/mol. The molecule has 0 spiro atoms. The van der Waals surface area contributed by atoms with Gasteiger partial charge in [-0.1, -0.05) is 11.6 Å². The van der Waals surface area contributed by atoms with Crippen LogP contribution < -0.4 is 0 Å². The van der Waals surface area contributed by atoms with Crippen molar-refractivity contribution in [2.24, 2.45) is 0 Å². The average Bonchev–Trinajstić information content (AvgIpc) is 2.72. The molecule has 20 heavy (non-hydrogen) atoms. The number of alkyl halides is 1. The van der Waals surface area contributed by atoms with Crippen LogP contribution in [0.25, 0.3) is 11.0 Å². The molecule has 0 fully saturated rings. The minimum absolute atomic E-state index is 0.102. The molecular formula is C15H21Cl2N3. The quantitative estimate of drug-likeness (QED) is 0.584. The van der Waals surface area contributed by atoms with Gasteiger partial charge in [0.15, 0.2) is 0 Å². The Hall–Kier alpha value is -0.770. The molecule has 1 unspecified atom stereocenters. The van der Waals surface area contributed by atoms with Gasteiger partial charge in [-0.25, -0.2) is 4.98 Å². The smallest absolute Gasteiger partial charge is 0.127 e. The van der Waals surface area contributed by atoms with Crippen molar-refractivity contribution in [1.82, 2.24) is 14.5 Å². The van der Waals surface area contributed by atoms with Gasteiger partial charge in [0, 0.05) is 11.6 Å². The van der Waals surface area contributed by atoms with Crippen molar-refractivity contribution >= 4 is 34.2 Å². The number of unbranched alkanes of at least 4 members (excludes halogenated alkanes) is 1. The molecule has 1 atom stereocenters. The van der Waals surface area contributed by atoms with Gasteiger partial charge in [0.25, 0.3) is 0 Å². The van der Waals surface area contributed by atoms with E-state index in [9.17, 15) is 0 Å². The number of aromatic nitrogens is 2. The highest BCUT2D eigenvalue weighted by molar-refractivity contribution is 6.31. The molecule has 0 saturated heterocycles. The molecular weight excluding hydrogens is 293 g/mol. The van der Waals surface area contributed by atoms with Crippen LogP contribution in [0.2, 0.25) is 5.02 Å². The molecule has 0 aliphatic heterocycles. The number of fused-ring (bicyclic) bond motifs is 1. The van der Waals surface area contributed by atoms with Crippen molar-refractivity contribution in [1.29, 1.82) is 0 Å². The van der Waals surface area contributed by atoms with Crippen molar-refractivity contribution in [2.75, 3.05) is 20.6 Å². The molecule has 2 rings (SSSR count). The van der Waals surface area contributed by atoms with Gasteiger partial charge in [0.1, 0.15) is 5.82 Å². The van der Waals surface area contributed by atoms with Gasteiger partial charge in [-0.05, 0) is 58.6 Å². The summed E-state index contributed by atoms with van der Waals surface area (Å²) < 4.78 is 2.22. The molecule has 5 heteroatoms. The number of hydrogen-bond donors (Lipinski definition) is 0. The minimum Gasteiger partial charge on any atom is -0.327 e. The monoisotopic (exact) mass is 313 g/mol. The van der Waals surface area contributed by atoms with Crippen LogP contribution in [0, 0.1) is 0 Å². The zero-order chi connectivity index (χ0) is 14.7. The van der Waals surface area contributed by atoms with E-state index in [1.807, 2.05) is 25.1 Å². The van der Waals surface area contributed by atoms with Gasteiger partial charge in [0.05, 0.1) is 16.4 Å². The van der Waals surface area contributed by atoms with Crippen LogP contribution in [-0.2, 0) is 6.54 Å². The highest BCUT2D eigenvalue weighted by atomic mass is 35.5. The molecule has 110 valence electrons. The Morgan fingerprint density at radius 2 is 2.05 bits per heavy atom. The third kappa shape index (κ3) is 3.66. The van der Waals surface area contributed by atoms with Crippen molar-refractivity contribution < 1.29 is 0 Å². The molecule has 1 aromatic heterocycles. The van der Waals surface area contributed by atoms with Gasteiger partial charge in [0.2, 0.25) is 0 Å². The number of benzene rings is 1. The molecule has 2 aromatic rings. The van der Waals surface area contributed by atoms with E-state index in [-0.39, 0.29) is 5.38 Å². The molecule has 0 bridgehead atoms. The summed E-state index contributed by atoms with van der Waals surface area (Å²) in [5, 5.41) is 0.610. The number of hydrogen-bond acceptors (Lipinski definition) is 2. The summed E-state index contributed by atoms with van der Waals surface area (Å²) in [4.78, 5) is 6.83. The Balaban J connectivity index is 2.22. The van der Waals surface area contributed by atoms with E-state index >= 15 is 0 Å². The van der Waals surface area contributed by atoms with Crippen LogP contribution in [0.15, 0.2) is 18.2 Å². The fraction of sp³-hybridized carbons (Fsp3) is 0.533. The third-order valence-electron chi connectivity index (χ3n) is 3.33. The Morgan fingerprint density at radius 3 is 2.70 bits per heavy atom. The van der Waals surface area contributed by atoms with Crippen LogP contribution in [0.5, 0.6) is 0 Å². The van der Waals surface area contributed by atoms with E-state index in [4.69, 9.17) is 23.2 Å². The van der Waals surface area contributed by atoms with Crippen LogP contribution >= 0.6 is 23.2 Å². The first kappa shape index (κ1) is 15.6. The number of imidazole rings is 1. The first-order valence-corrected chi connectivity index (χ1v) is 7.75. The second kappa shape index (κ2) is 6.79. The van der Waals surface area contributed by atoms with Crippen LogP contribution in [0.4, 0.5) is 0 Å². The van der Waals surface area contributed by atoms with Gasteiger partial charge in [-0.2, -0.15) is 0 Å². The van der Waals surface area contributed by atoms with Crippen LogP contribution in [0.3, 0.4) is 0 Å². The fourth-order valence-corrected chi connectivity index (χ4v) is 2.69. The van der Waals surface area contributed by atoms with E-state index in [2.05, 4.69) is 28.5 Å².